The van der Waals surface area contributed by atoms with Crippen LogP contribution in [0.1, 0.15) is 17.7 Å². The Hall–Kier alpha value is -2.63. The van der Waals surface area contributed by atoms with E-state index in [0.717, 1.165) is 49.5 Å². The highest BCUT2D eigenvalue weighted by Gasteiger charge is 2.11. The van der Waals surface area contributed by atoms with Crippen LogP contribution < -0.4 is 4.74 Å². The summed E-state index contributed by atoms with van der Waals surface area (Å²) in [4.78, 5) is 7.02. The molecule has 3 rings (SSSR count). The Balaban J connectivity index is 1.58. The van der Waals surface area contributed by atoms with Crippen LogP contribution in [0.25, 0.3) is 11.5 Å². The molecule has 5 heteroatoms. The molecule has 2 aromatic carbocycles. The van der Waals surface area contributed by atoms with Crippen molar-refractivity contribution >= 4 is 0 Å². The van der Waals surface area contributed by atoms with Gasteiger partial charge in [-0.1, -0.05) is 30.3 Å². The van der Waals surface area contributed by atoms with Gasteiger partial charge in [-0.3, -0.25) is 4.90 Å². The topological polar surface area (TPSA) is 47.7 Å². The SMILES string of the molecule is COCCN(CCCc1ccccc1)Cc1coc(-c2ccc(OC)cc2)n1. The van der Waals surface area contributed by atoms with E-state index in [9.17, 15) is 0 Å². The predicted octanol–water partition coefficient (Wildman–Crippen LogP) is 4.43. The van der Waals surface area contributed by atoms with Crippen LogP contribution in [0.5, 0.6) is 5.75 Å². The number of hydrogen-bond donors (Lipinski definition) is 0. The molecule has 0 spiro atoms. The summed E-state index contributed by atoms with van der Waals surface area (Å²) in [5.74, 6) is 1.45. The van der Waals surface area contributed by atoms with E-state index in [4.69, 9.17) is 13.9 Å². The van der Waals surface area contributed by atoms with Crippen LogP contribution >= 0.6 is 0 Å². The number of aromatic nitrogens is 1. The molecule has 1 heterocycles. The van der Waals surface area contributed by atoms with Gasteiger partial charge in [0.25, 0.3) is 0 Å². The minimum Gasteiger partial charge on any atom is -0.497 e. The van der Waals surface area contributed by atoms with E-state index in [0.29, 0.717) is 12.5 Å². The summed E-state index contributed by atoms with van der Waals surface area (Å²) in [6.45, 7) is 3.31. The van der Waals surface area contributed by atoms with Gasteiger partial charge in [0, 0.05) is 25.8 Å². The first kappa shape index (κ1) is 20.1. The molecule has 0 aliphatic carbocycles. The summed E-state index contributed by atoms with van der Waals surface area (Å²) in [6.07, 6.45) is 3.91. The van der Waals surface area contributed by atoms with E-state index in [1.165, 1.54) is 5.56 Å². The van der Waals surface area contributed by atoms with Crippen molar-refractivity contribution in [3.8, 4) is 17.2 Å². The number of hydrogen-bond acceptors (Lipinski definition) is 5. The lowest BCUT2D eigenvalue weighted by Gasteiger charge is -2.20. The molecule has 1 aromatic heterocycles. The smallest absolute Gasteiger partial charge is 0.226 e. The monoisotopic (exact) mass is 380 g/mol. The Bertz CT molecular complexity index is 815. The Morgan fingerprint density at radius 1 is 0.964 bits per heavy atom. The van der Waals surface area contributed by atoms with Crippen molar-refractivity contribution in [3.05, 3.63) is 72.1 Å². The van der Waals surface area contributed by atoms with Crippen LogP contribution in [0.4, 0.5) is 0 Å². The van der Waals surface area contributed by atoms with Crippen molar-refractivity contribution in [2.24, 2.45) is 0 Å². The molecule has 0 radical (unpaired) electrons. The molecule has 0 aliphatic heterocycles. The molecule has 0 bridgehead atoms. The number of aryl methyl sites for hydroxylation is 1. The first-order chi connectivity index (χ1) is 13.8. The molecule has 0 amide bonds. The van der Waals surface area contributed by atoms with Gasteiger partial charge >= 0.3 is 0 Å². The maximum Gasteiger partial charge on any atom is 0.226 e. The van der Waals surface area contributed by atoms with Gasteiger partial charge in [-0.15, -0.1) is 0 Å². The van der Waals surface area contributed by atoms with Crippen LogP contribution in [0.15, 0.2) is 65.3 Å². The van der Waals surface area contributed by atoms with E-state index in [1.807, 2.05) is 24.3 Å². The summed E-state index contributed by atoms with van der Waals surface area (Å²) in [7, 11) is 3.39. The molecule has 0 aliphatic rings. The summed E-state index contributed by atoms with van der Waals surface area (Å²) in [5.41, 5.74) is 3.25. The van der Waals surface area contributed by atoms with Crippen molar-refractivity contribution in [1.29, 1.82) is 0 Å². The maximum atomic E-state index is 5.69. The highest BCUT2D eigenvalue weighted by atomic mass is 16.5. The number of ether oxygens (including phenoxy) is 2. The number of benzene rings is 2. The molecular weight excluding hydrogens is 352 g/mol. The average molecular weight is 380 g/mol. The molecule has 5 nitrogen and oxygen atoms in total. The van der Waals surface area contributed by atoms with Gasteiger partial charge in [0.15, 0.2) is 0 Å². The largest absolute Gasteiger partial charge is 0.497 e. The molecule has 0 saturated carbocycles. The van der Waals surface area contributed by atoms with Gasteiger partial charge < -0.3 is 13.9 Å². The molecule has 148 valence electrons. The lowest BCUT2D eigenvalue weighted by molar-refractivity contribution is 0.142. The molecule has 0 fully saturated rings. The summed E-state index contributed by atoms with van der Waals surface area (Å²) >= 11 is 0. The Morgan fingerprint density at radius 2 is 1.75 bits per heavy atom. The Kier molecular flexibility index (Phi) is 7.64. The molecule has 0 N–H and O–H groups in total. The van der Waals surface area contributed by atoms with E-state index in [1.54, 1.807) is 20.5 Å². The first-order valence-corrected chi connectivity index (χ1v) is 9.62. The minimum atomic E-state index is 0.633. The number of methoxy groups -OCH3 is 2. The first-order valence-electron chi connectivity index (χ1n) is 9.62. The lowest BCUT2D eigenvalue weighted by atomic mass is 10.1. The van der Waals surface area contributed by atoms with Gasteiger partial charge in [-0.2, -0.15) is 0 Å². The van der Waals surface area contributed by atoms with E-state index in [-0.39, 0.29) is 0 Å². The quantitative estimate of drug-likeness (QED) is 0.492. The zero-order valence-corrected chi connectivity index (χ0v) is 16.6. The standard InChI is InChI=1S/C23H28N2O3/c1-26-16-15-25(14-6-9-19-7-4-3-5-8-19)17-21-18-28-23(24-21)20-10-12-22(27-2)13-11-20/h3-5,7-8,10-13,18H,6,9,14-17H2,1-2H3. The van der Waals surface area contributed by atoms with Gasteiger partial charge in [0.1, 0.15) is 12.0 Å². The van der Waals surface area contributed by atoms with Gasteiger partial charge in [0.05, 0.1) is 19.4 Å². The second-order valence-corrected chi connectivity index (χ2v) is 6.73. The van der Waals surface area contributed by atoms with Gasteiger partial charge in [0.2, 0.25) is 5.89 Å². The third kappa shape index (κ3) is 5.94. The van der Waals surface area contributed by atoms with Crippen LogP contribution in [-0.4, -0.2) is 43.8 Å². The third-order valence-electron chi connectivity index (χ3n) is 4.67. The van der Waals surface area contributed by atoms with Crippen molar-refractivity contribution < 1.29 is 13.9 Å². The third-order valence-corrected chi connectivity index (χ3v) is 4.67. The molecular formula is C23H28N2O3. The zero-order valence-electron chi connectivity index (χ0n) is 16.6. The van der Waals surface area contributed by atoms with Crippen LogP contribution in [0.3, 0.4) is 0 Å². The lowest BCUT2D eigenvalue weighted by Crippen LogP contribution is -2.28. The molecule has 0 unspecified atom stereocenters. The van der Waals surface area contributed by atoms with Crippen molar-refractivity contribution in [2.45, 2.75) is 19.4 Å². The van der Waals surface area contributed by atoms with Gasteiger partial charge in [-0.05, 0) is 49.2 Å². The van der Waals surface area contributed by atoms with Crippen molar-refractivity contribution in [3.63, 3.8) is 0 Å². The second-order valence-electron chi connectivity index (χ2n) is 6.73. The van der Waals surface area contributed by atoms with E-state index >= 15 is 0 Å². The normalized spacial score (nSPS) is 11.1. The number of rotatable bonds is 11. The number of nitrogens with zero attached hydrogens (tertiary/aromatic N) is 2. The average Bonchev–Trinajstić information content (AvgIpc) is 3.21. The molecule has 3 aromatic rings. The van der Waals surface area contributed by atoms with E-state index in [2.05, 4.69) is 40.2 Å². The fourth-order valence-corrected chi connectivity index (χ4v) is 3.12. The fraction of sp³-hybridized carbons (Fsp3) is 0.348. The fourth-order valence-electron chi connectivity index (χ4n) is 3.12. The molecule has 0 atom stereocenters. The Labute approximate surface area is 166 Å². The van der Waals surface area contributed by atoms with Crippen LogP contribution in [0.2, 0.25) is 0 Å². The second kappa shape index (κ2) is 10.6. The van der Waals surface area contributed by atoms with Crippen LogP contribution in [-0.2, 0) is 17.7 Å². The number of oxazole rings is 1. The summed E-state index contributed by atoms with van der Waals surface area (Å²) in [6, 6.07) is 18.3. The zero-order chi connectivity index (χ0) is 19.6. The minimum absolute atomic E-state index is 0.633. The predicted molar refractivity (Wildman–Crippen MR) is 110 cm³/mol. The van der Waals surface area contributed by atoms with E-state index < -0.39 is 0 Å². The molecule has 28 heavy (non-hydrogen) atoms. The Morgan fingerprint density at radius 3 is 2.46 bits per heavy atom. The summed E-state index contributed by atoms with van der Waals surface area (Å²) in [5, 5.41) is 0. The highest BCUT2D eigenvalue weighted by molar-refractivity contribution is 5.54. The maximum absolute atomic E-state index is 5.69. The van der Waals surface area contributed by atoms with Crippen molar-refractivity contribution in [1.82, 2.24) is 9.88 Å². The van der Waals surface area contributed by atoms with Gasteiger partial charge in [-0.25, -0.2) is 4.98 Å². The molecule has 0 saturated heterocycles. The van der Waals surface area contributed by atoms with Crippen LogP contribution in [0, 0.1) is 0 Å². The van der Waals surface area contributed by atoms with Crippen molar-refractivity contribution in [2.75, 3.05) is 33.9 Å². The summed E-state index contributed by atoms with van der Waals surface area (Å²) < 4.78 is 16.2. The highest BCUT2D eigenvalue weighted by Crippen LogP contribution is 2.22.